The summed E-state index contributed by atoms with van der Waals surface area (Å²) in [6, 6.07) is 10.3. The van der Waals surface area contributed by atoms with Crippen molar-refractivity contribution in [3.63, 3.8) is 0 Å². The summed E-state index contributed by atoms with van der Waals surface area (Å²) in [5.74, 6) is 1.33. The number of carbonyl (C=O) groups is 1. The molecule has 2 N–H and O–H groups in total. The Hall–Kier alpha value is -3.16. The minimum atomic E-state index is -4.44. The van der Waals surface area contributed by atoms with Gasteiger partial charge in [-0.1, -0.05) is 29.8 Å². The van der Waals surface area contributed by atoms with Crippen molar-refractivity contribution in [2.24, 2.45) is 0 Å². The second kappa shape index (κ2) is 7.35. The van der Waals surface area contributed by atoms with E-state index in [1.807, 2.05) is 19.1 Å². The number of aromatic nitrogens is 3. The van der Waals surface area contributed by atoms with Crippen molar-refractivity contribution in [1.29, 1.82) is 0 Å². The lowest BCUT2D eigenvalue weighted by Gasteiger charge is -2.11. The Morgan fingerprint density at radius 2 is 2.00 bits per heavy atom. The number of nitrogens with zero attached hydrogens (tertiary/aromatic N) is 2. The van der Waals surface area contributed by atoms with E-state index in [1.54, 1.807) is 6.07 Å². The Balaban J connectivity index is 1.54. The first-order valence-corrected chi connectivity index (χ1v) is 9.29. The van der Waals surface area contributed by atoms with Crippen LogP contribution in [-0.2, 0) is 17.4 Å². The Bertz CT molecular complexity index is 1050. The molecule has 1 heterocycles. The lowest BCUT2D eigenvalue weighted by molar-refractivity contribution is -0.137. The molecule has 1 aromatic heterocycles. The fourth-order valence-electron chi connectivity index (χ4n) is 3.12. The van der Waals surface area contributed by atoms with Crippen LogP contribution in [0.25, 0.3) is 11.4 Å². The zero-order chi connectivity index (χ0) is 20.6. The molecule has 29 heavy (non-hydrogen) atoms. The second-order valence-electron chi connectivity index (χ2n) is 7.29. The Morgan fingerprint density at radius 1 is 1.21 bits per heavy atom. The van der Waals surface area contributed by atoms with Gasteiger partial charge in [0.1, 0.15) is 5.82 Å². The van der Waals surface area contributed by atoms with Gasteiger partial charge in [-0.25, -0.2) is 4.98 Å². The van der Waals surface area contributed by atoms with E-state index in [9.17, 15) is 18.0 Å². The van der Waals surface area contributed by atoms with Crippen molar-refractivity contribution in [3.8, 4) is 11.4 Å². The second-order valence-corrected chi connectivity index (χ2v) is 7.29. The molecule has 1 aliphatic carbocycles. The molecular formula is C21H19F3N4O. The number of nitrogens with one attached hydrogen (secondary N) is 2. The summed E-state index contributed by atoms with van der Waals surface area (Å²) >= 11 is 0. The number of anilines is 1. The van der Waals surface area contributed by atoms with Gasteiger partial charge < -0.3 is 5.32 Å². The first-order chi connectivity index (χ1) is 13.8. The van der Waals surface area contributed by atoms with E-state index in [4.69, 9.17) is 0 Å². The molecule has 150 valence electrons. The highest BCUT2D eigenvalue weighted by Gasteiger charge is 2.30. The number of hydrogen-bond acceptors (Lipinski definition) is 3. The number of aryl methyl sites for hydroxylation is 1. The number of halogens is 3. The van der Waals surface area contributed by atoms with Crippen LogP contribution in [0.4, 0.5) is 18.9 Å². The minimum absolute atomic E-state index is 0.168. The fraction of sp³-hybridized carbons (Fsp3) is 0.286. The van der Waals surface area contributed by atoms with Crippen molar-refractivity contribution in [2.45, 2.75) is 38.3 Å². The number of benzene rings is 2. The topological polar surface area (TPSA) is 70.7 Å². The first-order valence-electron chi connectivity index (χ1n) is 9.29. The molecule has 0 atom stereocenters. The molecule has 0 radical (unpaired) electrons. The van der Waals surface area contributed by atoms with Crippen LogP contribution in [0.1, 0.15) is 41.3 Å². The Morgan fingerprint density at radius 3 is 2.72 bits per heavy atom. The largest absolute Gasteiger partial charge is 0.416 e. The van der Waals surface area contributed by atoms with Crippen LogP contribution in [0.3, 0.4) is 0 Å². The molecule has 1 amide bonds. The highest BCUT2D eigenvalue weighted by atomic mass is 19.4. The van der Waals surface area contributed by atoms with Crippen LogP contribution in [-0.4, -0.2) is 21.1 Å². The SMILES string of the molecule is Cc1ccc(NC(=O)Cc2cccc(C(F)(F)F)c2)c(-c2n[nH]c(C3CC3)n2)c1. The summed E-state index contributed by atoms with van der Waals surface area (Å²) in [7, 11) is 0. The maximum absolute atomic E-state index is 12.9. The van der Waals surface area contributed by atoms with Crippen LogP contribution < -0.4 is 5.32 Å². The van der Waals surface area contributed by atoms with Gasteiger partial charge in [-0.15, -0.1) is 0 Å². The molecule has 0 spiro atoms. The number of aromatic amines is 1. The molecule has 8 heteroatoms. The van der Waals surface area contributed by atoms with Crippen molar-refractivity contribution < 1.29 is 18.0 Å². The Labute approximate surface area is 165 Å². The van der Waals surface area contributed by atoms with Crippen molar-refractivity contribution >= 4 is 11.6 Å². The third-order valence-corrected chi connectivity index (χ3v) is 4.78. The van der Waals surface area contributed by atoms with Gasteiger partial charge in [0.15, 0.2) is 5.82 Å². The predicted octanol–water partition coefficient (Wildman–Crippen LogP) is 4.86. The molecule has 4 rings (SSSR count). The van der Waals surface area contributed by atoms with Gasteiger partial charge in [-0.3, -0.25) is 9.89 Å². The van der Waals surface area contributed by atoms with Gasteiger partial charge in [0.05, 0.1) is 17.7 Å². The Kier molecular flexibility index (Phi) is 4.86. The summed E-state index contributed by atoms with van der Waals surface area (Å²) in [6.07, 6.45) is -2.44. The van der Waals surface area contributed by atoms with Gasteiger partial charge in [-0.2, -0.15) is 18.3 Å². The first kappa shape index (κ1) is 19.2. The lowest BCUT2D eigenvalue weighted by Crippen LogP contribution is -2.16. The van der Waals surface area contributed by atoms with E-state index < -0.39 is 17.6 Å². The monoisotopic (exact) mass is 400 g/mol. The average Bonchev–Trinajstić information content (AvgIpc) is 3.40. The summed E-state index contributed by atoms with van der Waals surface area (Å²) in [4.78, 5) is 17.0. The van der Waals surface area contributed by atoms with Crippen LogP contribution in [0.5, 0.6) is 0 Å². The van der Waals surface area contributed by atoms with E-state index in [0.29, 0.717) is 28.6 Å². The van der Waals surface area contributed by atoms with E-state index in [0.717, 1.165) is 36.4 Å². The zero-order valence-corrected chi connectivity index (χ0v) is 15.7. The van der Waals surface area contributed by atoms with Gasteiger partial charge in [-0.05, 0) is 43.5 Å². The van der Waals surface area contributed by atoms with E-state index in [-0.39, 0.29) is 6.42 Å². The van der Waals surface area contributed by atoms with Crippen LogP contribution >= 0.6 is 0 Å². The summed E-state index contributed by atoms with van der Waals surface area (Å²) in [5, 5.41) is 10.00. The summed E-state index contributed by atoms with van der Waals surface area (Å²) < 4.78 is 38.6. The maximum atomic E-state index is 12.9. The predicted molar refractivity (Wildman–Crippen MR) is 102 cm³/mol. The zero-order valence-electron chi connectivity index (χ0n) is 15.7. The van der Waals surface area contributed by atoms with Crippen molar-refractivity contribution in [2.75, 3.05) is 5.32 Å². The van der Waals surface area contributed by atoms with E-state index in [2.05, 4.69) is 20.5 Å². The van der Waals surface area contributed by atoms with Gasteiger partial charge in [0.25, 0.3) is 0 Å². The minimum Gasteiger partial charge on any atom is -0.325 e. The highest BCUT2D eigenvalue weighted by Crippen LogP contribution is 2.39. The molecule has 0 unspecified atom stereocenters. The quantitative estimate of drug-likeness (QED) is 0.643. The number of amides is 1. The van der Waals surface area contributed by atoms with Gasteiger partial charge in [0.2, 0.25) is 5.91 Å². The van der Waals surface area contributed by atoms with Crippen molar-refractivity contribution in [1.82, 2.24) is 15.2 Å². The van der Waals surface area contributed by atoms with E-state index >= 15 is 0 Å². The number of H-pyrrole nitrogens is 1. The third-order valence-electron chi connectivity index (χ3n) is 4.78. The molecular weight excluding hydrogens is 381 g/mol. The normalized spacial score (nSPS) is 14.1. The maximum Gasteiger partial charge on any atom is 0.416 e. The molecule has 1 saturated carbocycles. The molecule has 1 aliphatic rings. The van der Waals surface area contributed by atoms with Crippen LogP contribution in [0, 0.1) is 6.92 Å². The molecule has 5 nitrogen and oxygen atoms in total. The highest BCUT2D eigenvalue weighted by molar-refractivity contribution is 5.96. The number of alkyl halides is 3. The standard InChI is InChI=1S/C21H19F3N4O/c1-12-5-8-17(16(9-12)20-26-19(27-28-20)14-6-7-14)25-18(29)11-13-3-2-4-15(10-13)21(22,23)24/h2-5,8-10,14H,6-7,11H2,1H3,(H,25,29)(H,26,27,28). The van der Waals surface area contributed by atoms with E-state index in [1.165, 1.54) is 12.1 Å². The molecule has 0 saturated heterocycles. The number of hydrogen-bond donors (Lipinski definition) is 2. The van der Waals surface area contributed by atoms with Gasteiger partial charge >= 0.3 is 6.18 Å². The number of carbonyl (C=O) groups excluding carboxylic acids is 1. The summed E-state index contributed by atoms with van der Waals surface area (Å²) in [6.45, 7) is 1.92. The molecule has 1 fully saturated rings. The molecule has 3 aromatic rings. The lowest BCUT2D eigenvalue weighted by atomic mass is 10.1. The van der Waals surface area contributed by atoms with Crippen LogP contribution in [0.2, 0.25) is 0 Å². The number of rotatable bonds is 5. The average molecular weight is 400 g/mol. The van der Waals surface area contributed by atoms with Crippen molar-refractivity contribution in [3.05, 3.63) is 65.0 Å². The smallest absolute Gasteiger partial charge is 0.325 e. The fourth-order valence-corrected chi connectivity index (χ4v) is 3.12. The van der Waals surface area contributed by atoms with Gasteiger partial charge in [0, 0.05) is 11.5 Å². The van der Waals surface area contributed by atoms with Crippen LogP contribution in [0.15, 0.2) is 42.5 Å². The molecule has 2 aromatic carbocycles. The molecule has 0 bridgehead atoms. The summed E-state index contributed by atoms with van der Waals surface area (Å²) in [5.41, 5.74) is 1.69. The third kappa shape index (κ3) is 4.47. The molecule has 0 aliphatic heterocycles.